The molecule has 1 aromatic heterocycles. The molecule has 0 spiro atoms. The van der Waals surface area contributed by atoms with Gasteiger partial charge in [0.25, 0.3) is 0 Å². The summed E-state index contributed by atoms with van der Waals surface area (Å²) >= 11 is 0. The van der Waals surface area contributed by atoms with E-state index in [-0.39, 0.29) is 18.0 Å². The zero-order valence-corrected chi connectivity index (χ0v) is 10.9. The third kappa shape index (κ3) is 4.19. The van der Waals surface area contributed by atoms with Crippen molar-refractivity contribution in [3.63, 3.8) is 0 Å². The molecule has 1 aromatic rings. The Hall–Kier alpha value is -1.36. The van der Waals surface area contributed by atoms with Crippen LogP contribution in [0.25, 0.3) is 0 Å². The summed E-state index contributed by atoms with van der Waals surface area (Å²) in [6.45, 7) is 6.25. The molecule has 17 heavy (non-hydrogen) atoms. The average Bonchev–Trinajstić information content (AvgIpc) is 2.79. The number of hydrogen-bond donors (Lipinski definition) is 3. The summed E-state index contributed by atoms with van der Waals surface area (Å²) in [4.78, 5) is 11.8. The van der Waals surface area contributed by atoms with E-state index in [1.807, 2.05) is 13.1 Å². The fourth-order valence-corrected chi connectivity index (χ4v) is 1.79. The van der Waals surface area contributed by atoms with Crippen LogP contribution < -0.4 is 10.6 Å². The number of aromatic nitrogens is 2. The Morgan fingerprint density at radius 2 is 2.18 bits per heavy atom. The molecular weight excluding hydrogens is 216 g/mol. The van der Waals surface area contributed by atoms with E-state index in [0.29, 0.717) is 5.92 Å². The molecule has 1 heterocycles. The molecule has 5 heteroatoms. The van der Waals surface area contributed by atoms with Gasteiger partial charge in [-0.25, -0.2) is 0 Å². The maximum atomic E-state index is 11.8. The van der Waals surface area contributed by atoms with Gasteiger partial charge in [-0.05, 0) is 19.3 Å². The van der Waals surface area contributed by atoms with Crippen molar-refractivity contribution in [2.75, 3.05) is 7.05 Å². The van der Waals surface area contributed by atoms with E-state index in [0.717, 1.165) is 12.0 Å². The van der Waals surface area contributed by atoms with Crippen LogP contribution in [-0.4, -0.2) is 29.2 Å². The second-order valence-electron chi connectivity index (χ2n) is 4.72. The lowest BCUT2D eigenvalue weighted by Crippen LogP contribution is -2.44. The van der Waals surface area contributed by atoms with Crippen LogP contribution in [0.1, 0.15) is 38.8 Å². The molecule has 0 aliphatic carbocycles. The molecule has 0 bridgehead atoms. The molecular formula is C12H22N4O. The van der Waals surface area contributed by atoms with Gasteiger partial charge in [0.1, 0.15) is 0 Å². The molecule has 0 aliphatic rings. The number of aromatic amines is 1. The summed E-state index contributed by atoms with van der Waals surface area (Å²) in [5, 5.41) is 12.7. The Labute approximate surface area is 102 Å². The van der Waals surface area contributed by atoms with Crippen LogP contribution >= 0.6 is 0 Å². The predicted molar refractivity (Wildman–Crippen MR) is 67.4 cm³/mol. The first-order valence-electron chi connectivity index (χ1n) is 6.01. The number of hydrogen-bond acceptors (Lipinski definition) is 3. The number of amides is 1. The molecule has 96 valence electrons. The average molecular weight is 238 g/mol. The van der Waals surface area contributed by atoms with Gasteiger partial charge in [0.15, 0.2) is 0 Å². The van der Waals surface area contributed by atoms with Gasteiger partial charge in [0.05, 0.1) is 12.2 Å². The number of carbonyl (C=O) groups is 1. The number of nitrogens with one attached hydrogen (secondary N) is 3. The van der Waals surface area contributed by atoms with Crippen LogP contribution in [0.2, 0.25) is 0 Å². The highest BCUT2D eigenvalue weighted by atomic mass is 16.2. The Morgan fingerprint density at radius 1 is 1.47 bits per heavy atom. The Kier molecular flexibility index (Phi) is 5.15. The van der Waals surface area contributed by atoms with Crippen molar-refractivity contribution in [3.8, 4) is 0 Å². The number of likely N-dealkylation sites (N-methyl/N-ethyl adjacent to an activating group) is 1. The summed E-state index contributed by atoms with van der Waals surface area (Å²) in [6, 6.07) is -0.0558. The monoisotopic (exact) mass is 238 g/mol. The van der Waals surface area contributed by atoms with Crippen LogP contribution in [0.5, 0.6) is 0 Å². The number of carbonyl (C=O) groups excluding carboxylic acids is 1. The number of nitrogens with zero attached hydrogens (tertiary/aromatic N) is 1. The molecule has 0 radical (unpaired) electrons. The molecule has 1 amide bonds. The fraction of sp³-hybridized carbons (Fsp3) is 0.667. The van der Waals surface area contributed by atoms with E-state index in [4.69, 9.17) is 0 Å². The largest absolute Gasteiger partial charge is 0.358 e. The molecule has 0 fully saturated rings. The first-order valence-corrected chi connectivity index (χ1v) is 6.01. The Bertz CT molecular complexity index is 334. The summed E-state index contributed by atoms with van der Waals surface area (Å²) in [5.41, 5.74) is 1.06. The van der Waals surface area contributed by atoms with Crippen LogP contribution in [0.4, 0.5) is 0 Å². The van der Waals surface area contributed by atoms with Crippen molar-refractivity contribution in [3.05, 3.63) is 18.0 Å². The molecule has 0 aliphatic heterocycles. The summed E-state index contributed by atoms with van der Waals surface area (Å²) in [6.07, 6.45) is 4.43. The van der Waals surface area contributed by atoms with Crippen LogP contribution in [0.15, 0.2) is 12.4 Å². The van der Waals surface area contributed by atoms with Gasteiger partial charge < -0.3 is 5.32 Å². The van der Waals surface area contributed by atoms with Crippen molar-refractivity contribution in [1.82, 2.24) is 20.8 Å². The second kappa shape index (κ2) is 6.39. The van der Waals surface area contributed by atoms with Crippen molar-refractivity contribution in [1.29, 1.82) is 0 Å². The summed E-state index contributed by atoms with van der Waals surface area (Å²) in [7, 11) is 1.67. The zero-order valence-electron chi connectivity index (χ0n) is 10.9. The molecule has 3 N–H and O–H groups in total. The van der Waals surface area contributed by atoms with E-state index in [2.05, 4.69) is 34.7 Å². The van der Waals surface area contributed by atoms with Crippen molar-refractivity contribution in [2.24, 2.45) is 5.92 Å². The van der Waals surface area contributed by atoms with Gasteiger partial charge in [-0.2, -0.15) is 5.10 Å². The van der Waals surface area contributed by atoms with Gasteiger partial charge in [0, 0.05) is 24.8 Å². The highest BCUT2D eigenvalue weighted by Crippen LogP contribution is 2.13. The van der Waals surface area contributed by atoms with Crippen molar-refractivity contribution >= 4 is 5.91 Å². The molecule has 2 atom stereocenters. The van der Waals surface area contributed by atoms with Gasteiger partial charge >= 0.3 is 0 Å². The van der Waals surface area contributed by atoms with Crippen LogP contribution in [-0.2, 0) is 4.79 Å². The molecule has 0 aromatic carbocycles. The lowest BCUT2D eigenvalue weighted by Gasteiger charge is -2.22. The lowest BCUT2D eigenvalue weighted by atomic mass is 10.0. The minimum Gasteiger partial charge on any atom is -0.358 e. The molecule has 2 unspecified atom stereocenters. The first-order chi connectivity index (χ1) is 8.04. The minimum atomic E-state index is -0.162. The van der Waals surface area contributed by atoms with E-state index < -0.39 is 0 Å². The van der Waals surface area contributed by atoms with E-state index in [1.54, 1.807) is 13.2 Å². The highest BCUT2D eigenvalue weighted by Gasteiger charge is 2.21. The third-order valence-electron chi connectivity index (χ3n) is 2.74. The lowest BCUT2D eigenvalue weighted by molar-refractivity contribution is -0.123. The van der Waals surface area contributed by atoms with Gasteiger partial charge in [-0.3, -0.25) is 15.2 Å². The predicted octanol–water partition coefficient (Wildman–Crippen LogP) is 1.22. The van der Waals surface area contributed by atoms with Gasteiger partial charge in [0.2, 0.25) is 5.91 Å². The molecule has 0 saturated heterocycles. The molecule has 1 rings (SSSR count). The second-order valence-corrected chi connectivity index (χ2v) is 4.72. The van der Waals surface area contributed by atoms with Gasteiger partial charge in [-0.15, -0.1) is 0 Å². The normalized spacial score (nSPS) is 14.6. The van der Waals surface area contributed by atoms with Crippen molar-refractivity contribution in [2.45, 2.75) is 39.3 Å². The maximum Gasteiger partial charge on any atom is 0.236 e. The number of H-pyrrole nitrogens is 1. The number of rotatable bonds is 6. The summed E-state index contributed by atoms with van der Waals surface area (Å²) < 4.78 is 0. The maximum absolute atomic E-state index is 11.8. The molecule has 0 saturated carbocycles. The van der Waals surface area contributed by atoms with E-state index in [1.165, 1.54) is 0 Å². The third-order valence-corrected chi connectivity index (χ3v) is 2.74. The standard InChI is InChI=1S/C12H22N4O/c1-8(2)5-11(12(17)13-4)16-9(3)10-6-14-15-7-10/h6-9,11,16H,5H2,1-4H3,(H,13,17)(H,14,15). The highest BCUT2D eigenvalue weighted by molar-refractivity contribution is 5.81. The smallest absolute Gasteiger partial charge is 0.236 e. The Balaban J connectivity index is 2.62. The van der Waals surface area contributed by atoms with Crippen LogP contribution in [0, 0.1) is 5.92 Å². The minimum absolute atomic E-state index is 0.0362. The first kappa shape index (κ1) is 13.7. The molecule has 5 nitrogen and oxygen atoms in total. The zero-order chi connectivity index (χ0) is 12.8. The SMILES string of the molecule is CNC(=O)C(CC(C)C)NC(C)c1cn[nH]c1. The van der Waals surface area contributed by atoms with Gasteiger partial charge in [-0.1, -0.05) is 13.8 Å². The quantitative estimate of drug-likeness (QED) is 0.698. The van der Waals surface area contributed by atoms with E-state index >= 15 is 0 Å². The van der Waals surface area contributed by atoms with Crippen molar-refractivity contribution < 1.29 is 4.79 Å². The Morgan fingerprint density at radius 3 is 2.65 bits per heavy atom. The summed E-state index contributed by atoms with van der Waals surface area (Å²) in [5.74, 6) is 0.510. The van der Waals surface area contributed by atoms with E-state index in [9.17, 15) is 4.79 Å². The van der Waals surface area contributed by atoms with Crippen LogP contribution in [0.3, 0.4) is 0 Å². The topological polar surface area (TPSA) is 69.8 Å². The fourth-order valence-electron chi connectivity index (χ4n) is 1.79.